The summed E-state index contributed by atoms with van der Waals surface area (Å²) in [5.74, 6) is 0. The Labute approximate surface area is 158 Å². The number of fused-ring (bicyclic) bond motifs is 2. The Morgan fingerprint density at radius 3 is 2.16 bits per heavy atom. The Morgan fingerprint density at radius 2 is 1.60 bits per heavy atom. The van der Waals surface area contributed by atoms with E-state index in [0.29, 0.717) is 5.11 Å². The standard InChI is InChI=1S/C20H20ClN3S/c1-2-3-12-22-20(25)24-23-13-18-14-8-4-6-10-16(14)19(21)17-11-7-5-9-15(17)18/h4-11,13H,2-3,12H2,1H3,(H2,22,24,25). The molecule has 0 aromatic heterocycles. The number of hydrogen-bond acceptors (Lipinski definition) is 2. The number of unbranched alkanes of at least 4 members (excludes halogenated alkanes) is 1. The molecule has 0 bridgehead atoms. The van der Waals surface area contributed by atoms with Gasteiger partial charge in [0, 0.05) is 22.9 Å². The van der Waals surface area contributed by atoms with Crippen molar-refractivity contribution in [2.24, 2.45) is 5.10 Å². The van der Waals surface area contributed by atoms with Crippen molar-refractivity contribution in [1.29, 1.82) is 0 Å². The maximum atomic E-state index is 6.61. The number of nitrogens with zero attached hydrogens (tertiary/aromatic N) is 1. The molecule has 3 aromatic rings. The molecule has 3 nitrogen and oxygen atoms in total. The predicted octanol–water partition coefficient (Wildman–Crippen LogP) is 5.24. The molecule has 3 aromatic carbocycles. The summed E-state index contributed by atoms with van der Waals surface area (Å²) in [6.45, 7) is 3.00. The van der Waals surface area contributed by atoms with E-state index in [2.05, 4.69) is 34.9 Å². The Hall–Kier alpha value is -2.17. The lowest BCUT2D eigenvalue weighted by atomic mass is 9.97. The average molecular weight is 370 g/mol. The topological polar surface area (TPSA) is 36.4 Å². The molecule has 0 saturated heterocycles. The van der Waals surface area contributed by atoms with Gasteiger partial charge in [-0.05, 0) is 29.4 Å². The zero-order valence-electron chi connectivity index (χ0n) is 14.1. The van der Waals surface area contributed by atoms with Gasteiger partial charge in [-0.1, -0.05) is 73.5 Å². The predicted molar refractivity (Wildman–Crippen MR) is 113 cm³/mol. The van der Waals surface area contributed by atoms with Gasteiger partial charge in [0.15, 0.2) is 5.11 Å². The van der Waals surface area contributed by atoms with Gasteiger partial charge in [0.2, 0.25) is 0 Å². The molecule has 0 unspecified atom stereocenters. The molecule has 0 spiro atoms. The molecular weight excluding hydrogens is 350 g/mol. The first-order chi connectivity index (χ1) is 12.2. The van der Waals surface area contributed by atoms with Crippen molar-refractivity contribution in [2.45, 2.75) is 19.8 Å². The lowest BCUT2D eigenvalue weighted by Gasteiger charge is -2.11. The van der Waals surface area contributed by atoms with Gasteiger partial charge in [0.25, 0.3) is 0 Å². The highest BCUT2D eigenvalue weighted by Gasteiger charge is 2.10. The molecule has 0 amide bonds. The van der Waals surface area contributed by atoms with Crippen molar-refractivity contribution < 1.29 is 0 Å². The third-order valence-electron chi connectivity index (χ3n) is 4.08. The van der Waals surface area contributed by atoms with Gasteiger partial charge < -0.3 is 5.32 Å². The quantitative estimate of drug-likeness (QED) is 0.212. The second-order valence-electron chi connectivity index (χ2n) is 5.80. The minimum absolute atomic E-state index is 0.535. The fourth-order valence-electron chi connectivity index (χ4n) is 2.82. The van der Waals surface area contributed by atoms with Crippen LogP contribution in [0.2, 0.25) is 5.02 Å². The lowest BCUT2D eigenvalue weighted by molar-refractivity contribution is 0.745. The summed E-state index contributed by atoms with van der Waals surface area (Å²) in [7, 11) is 0. The van der Waals surface area contributed by atoms with E-state index in [1.165, 1.54) is 0 Å². The summed E-state index contributed by atoms with van der Waals surface area (Å²) in [4.78, 5) is 0. The van der Waals surface area contributed by atoms with E-state index in [-0.39, 0.29) is 0 Å². The Balaban J connectivity index is 1.95. The van der Waals surface area contributed by atoms with Crippen LogP contribution in [0.5, 0.6) is 0 Å². The van der Waals surface area contributed by atoms with Crippen LogP contribution >= 0.6 is 23.8 Å². The number of nitrogens with one attached hydrogen (secondary N) is 2. The number of halogens is 1. The second-order valence-corrected chi connectivity index (χ2v) is 6.58. The van der Waals surface area contributed by atoms with Crippen molar-refractivity contribution in [3.8, 4) is 0 Å². The summed E-state index contributed by atoms with van der Waals surface area (Å²) in [5, 5.41) is 13.0. The smallest absolute Gasteiger partial charge is 0.186 e. The van der Waals surface area contributed by atoms with E-state index in [9.17, 15) is 0 Å². The fraction of sp³-hybridized carbons (Fsp3) is 0.200. The molecule has 25 heavy (non-hydrogen) atoms. The molecule has 0 atom stereocenters. The number of hydrogen-bond donors (Lipinski definition) is 2. The summed E-state index contributed by atoms with van der Waals surface area (Å²) >= 11 is 11.8. The van der Waals surface area contributed by atoms with Crippen molar-refractivity contribution in [1.82, 2.24) is 10.7 Å². The molecule has 0 aliphatic heterocycles. The van der Waals surface area contributed by atoms with Crippen LogP contribution in [0.4, 0.5) is 0 Å². The molecule has 0 fully saturated rings. The van der Waals surface area contributed by atoms with Gasteiger partial charge in [-0.25, -0.2) is 0 Å². The van der Waals surface area contributed by atoms with Crippen molar-refractivity contribution >= 4 is 56.7 Å². The van der Waals surface area contributed by atoms with Crippen LogP contribution in [0, 0.1) is 0 Å². The molecule has 0 aliphatic carbocycles. The number of thiocarbonyl (C=S) groups is 1. The van der Waals surface area contributed by atoms with Crippen LogP contribution in [0.15, 0.2) is 53.6 Å². The van der Waals surface area contributed by atoms with Crippen LogP contribution < -0.4 is 10.7 Å². The van der Waals surface area contributed by atoms with E-state index in [1.54, 1.807) is 0 Å². The maximum Gasteiger partial charge on any atom is 0.186 e. The molecule has 0 radical (unpaired) electrons. The third kappa shape index (κ3) is 3.91. The number of hydrazone groups is 1. The molecule has 0 aliphatic rings. The highest BCUT2D eigenvalue weighted by Crippen LogP contribution is 2.35. The van der Waals surface area contributed by atoms with Gasteiger partial charge in [-0.2, -0.15) is 5.10 Å². The third-order valence-corrected chi connectivity index (χ3v) is 4.73. The van der Waals surface area contributed by atoms with Crippen molar-refractivity contribution in [2.75, 3.05) is 6.54 Å². The second kappa shape index (κ2) is 8.28. The first-order valence-corrected chi connectivity index (χ1v) is 9.17. The van der Waals surface area contributed by atoms with Gasteiger partial charge >= 0.3 is 0 Å². The van der Waals surface area contributed by atoms with E-state index in [1.807, 2.05) is 42.6 Å². The Kier molecular flexibility index (Phi) is 5.84. The highest BCUT2D eigenvalue weighted by atomic mass is 35.5. The molecule has 128 valence electrons. The number of rotatable bonds is 5. The van der Waals surface area contributed by atoms with Gasteiger partial charge in [0.05, 0.1) is 11.2 Å². The largest absolute Gasteiger partial charge is 0.361 e. The monoisotopic (exact) mass is 369 g/mol. The molecule has 0 heterocycles. The molecule has 3 rings (SSSR count). The van der Waals surface area contributed by atoms with E-state index >= 15 is 0 Å². The zero-order valence-corrected chi connectivity index (χ0v) is 15.6. The van der Waals surface area contributed by atoms with Crippen LogP contribution in [0.25, 0.3) is 21.5 Å². The summed E-state index contributed by atoms with van der Waals surface area (Å²) in [6.07, 6.45) is 4.02. The first-order valence-electron chi connectivity index (χ1n) is 8.38. The zero-order chi connectivity index (χ0) is 17.6. The Bertz CT molecular complexity index is 880. The molecule has 2 N–H and O–H groups in total. The summed E-state index contributed by atoms with van der Waals surface area (Å²) in [6, 6.07) is 16.2. The fourth-order valence-corrected chi connectivity index (χ4v) is 3.31. The van der Waals surface area contributed by atoms with Gasteiger partial charge in [-0.15, -0.1) is 0 Å². The first kappa shape index (κ1) is 17.6. The normalized spacial score (nSPS) is 11.3. The Morgan fingerprint density at radius 1 is 1.04 bits per heavy atom. The SMILES string of the molecule is CCCCNC(=S)NN=Cc1c2ccccc2c(Cl)c2ccccc12. The maximum absolute atomic E-state index is 6.61. The van der Waals surface area contributed by atoms with Gasteiger partial charge in [-0.3, -0.25) is 5.43 Å². The van der Waals surface area contributed by atoms with Crippen LogP contribution in [0.1, 0.15) is 25.3 Å². The summed E-state index contributed by atoms with van der Waals surface area (Å²) in [5.41, 5.74) is 3.92. The van der Waals surface area contributed by atoms with E-state index in [0.717, 1.165) is 51.5 Å². The van der Waals surface area contributed by atoms with E-state index in [4.69, 9.17) is 23.8 Å². The van der Waals surface area contributed by atoms with E-state index < -0.39 is 0 Å². The van der Waals surface area contributed by atoms with Crippen molar-refractivity contribution in [3.05, 3.63) is 59.1 Å². The van der Waals surface area contributed by atoms with Crippen LogP contribution in [0.3, 0.4) is 0 Å². The molecule has 0 saturated carbocycles. The van der Waals surface area contributed by atoms with Gasteiger partial charge in [0.1, 0.15) is 0 Å². The minimum atomic E-state index is 0.535. The summed E-state index contributed by atoms with van der Waals surface area (Å²) < 4.78 is 0. The lowest BCUT2D eigenvalue weighted by Crippen LogP contribution is -2.32. The van der Waals surface area contributed by atoms with Crippen LogP contribution in [-0.2, 0) is 0 Å². The minimum Gasteiger partial charge on any atom is -0.361 e. The average Bonchev–Trinajstić information content (AvgIpc) is 2.65. The molecule has 5 heteroatoms. The molecular formula is C20H20ClN3S. The number of benzene rings is 3. The van der Waals surface area contributed by atoms with Crippen LogP contribution in [-0.4, -0.2) is 17.9 Å². The van der Waals surface area contributed by atoms with Crippen molar-refractivity contribution in [3.63, 3.8) is 0 Å². The highest BCUT2D eigenvalue weighted by molar-refractivity contribution is 7.80.